The van der Waals surface area contributed by atoms with Gasteiger partial charge in [-0.3, -0.25) is 0 Å². The number of ether oxygens (including phenoxy) is 1. The monoisotopic (exact) mass is 247 g/mol. The lowest BCUT2D eigenvalue weighted by molar-refractivity contribution is -0.0910. The smallest absolute Gasteiger partial charge is 0.0588 e. The molecule has 1 aliphatic heterocycles. The Kier molecular flexibility index (Phi) is 4.08. The normalized spacial score (nSPS) is 19.3. The zero-order valence-corrected chi connectivity index (χ0v) is 12.0. The molecule has 1 N–H and O–H groups in total. The summed E-state index contributed by atoms with van der Waals surface area (Å²) in [5.41, 5.74) is 4.45. The van der Waals surface area contributed by atoms with Crippen LogP contribution in [-0.2, 0) is 10.2 Å². The first-order valence-electron chi connectivity index (χ1n) is 6.94. The fraction of sp³-hybridized carbons (Fsp3) is 0.625. The molecular formula is C16H25NO. The molecule has 2 heteroatoms. The summed E-state index contributed by atoms with van der Waals surface area (Å²) >= 11 is 0. The Morgan fingerprint density at radius 2 is 2.00 bits per heavy atom. The van der Waals surface area contributed by atoms with Gasteiger partial charge in [-0.25, -0.2) is 0 Å². The van der Waals surface area contributed by atoms with Crippen molar-refractivity contribution in [1.29, 1.82) is 0 Å². The second kappa shape index (κ2) is 5.41. The minimum absolute atomic E-state index is 0.232. The van der Waals surface area contributed by atoms with E-state index in [2.05, 4.69) is 44.3 Å². The molecule has 0 radical (unpaired) electrons. The van der Waals surface area contributed by atoms with E-state index in [-0.39, 0.29) is 5.41 Å². The molecule has 1 saturated heterocycles. The van der Waals surface area contributed by atoms with E-state index in [1.807, 2.05) is 7.05 Å². The van der Waals surface area contributed by atoms with Crippen molar-refractivity contribution < 1.29 is 4.74 Å². The molecule has 0 spiro atoms. The molecule has 1 unspecified atom stereocenters. The van der Waals surface area contributed by atoms with E-state index in [0.717, 1.165) is 19.8 Å². The quantitative estimate of drug-likeness (QED) is 0.864. The van der Waals surface area contributed by atoms with E-state index < -0.39 is 0 Å². The number of hydrogen-bond donors (Lipinski definition) is 1. The van der Waals surface area contributed by atoms with Crippen LogP contribution in [-0.4, -0.2) is 26.8 Å². The Morgan fingerprint density at radius 3 is 2.44 bits per heavy atom. The van der Waals surface area contributed by atoms with Crippen molar-refractivity contribution in [2.45, 2.75) is 32.6 Å². The van der Waals surface area contributed by atoms with Crippen molar-refractivity contribution in [2.75, 3.05) is 26.8 Å². The summed E-state index contributed by atoms with van der Waals surface area (Å²) in [6.45, 7) is 9.46. The van der Waals surface area contributed by atoms with Crippen molar-refractivity contribution in [3.63, 3.8) is 0 Å². The van der Waals surface area contributed by atoms with E-state index in [4.69, 9.17) is 4.74 Å². The molecule has 0 bridgehead atoms. The van der Waals surface area contributed by atoms with E-state index in [1.54, 1.807) is 0 Å². The SMILES string of the molecule is CCC(CNC)C1(c2ccc(C)c(C)c2)COC1. The molecule has 1 fully saturated rings. The molecule has 1 heterocycles. The van der Waals surface area contributed by atoms with Gasteiger partial charge in [0.05, 0.1) is 13.2 Å². The Bertz CT molecular complexity index is 410. The first kappa shape index (κ1) is 13.6. The molecule has 1 aliphatic rings. The van der Waals surface area contributed by atoms with Gasteiger partial charge in [-0.15, -0.1) is 0 Å². The van der Waals surface area contributed by atoms with Crippen LogP contribution < -0.4 is 5.32 Å². The second-order valence-corrected chi connectivity index (χ2v) is 5.61. The second-order valence-electron chi connectivity index (χ2n) is 5.61. The summed E-state index contributed by atoms with van der Waals surface area (Å²) in [6, 6.07) is 6.90. The van der Waals surface area contributed by atoms with Gasteiger partial charge in [-0.05, 0) is 50.0 Å². The maximum absolute atomic E-state index is 5.56. The molecular weight excluding hydrogens is 222 g/mol. The largest absolute Gasteiger partial charge is 0.379 e. The third-order valence-electron chi connectivity index (χ3n) is 4.53. The Balaban J connectivity index is 2.33. The van der Waals surface area contributed by atoms with Crippen LogP contribution in [0.25, 0.3) is 0 Å². The van der Waals surface area contributed by atoms with Gasteiger partial charge in [-0.2, -0.15) is 0 Å². The fourth-order valence-corrected chi connectivity index (χ4v) is 2.99. The average Bonchev–Trinajstić information content (AvgIpc) is 2.31. The zero-order chi connectivity index (χ0) is 13.2. The summed E-state index contributed by atoms with van der Waals surface area (Å²) < 4.78 is 5.56. The van der Waals surface area contributed by atoms with Crippen LogP contribution in [0.5, 0.6) is 0 Å². The molecule has 0 saturated carbocycles. The van der Waals surface area contributed by atoms with Crippen LogP contribution in [0.1, 0.15) is 30.0 Å². The first-order chi connectivity index (χ1) is 8.64. The molecule has 2 nitrogen and oxygen atoms in total. The van der Waals surface area contributed by atoms with Gasteiger partial charge in [0.15, 0.2) is 0 Å². The lowest BCUT2D eigenvalue weighted by atomic mass is 9.67. The zero-order valence-electron chi connectivity index (χ0n) is 12.0. The van der Waals surface area contributed by atoms with Gasteiger partial charge in [0.1, 0.15) is 0 Å². The van der Waals surface area contributed by atoms with Crippen molar-refractivity contribution >= 4 is 0 Å². The lowest BCUT2D eigenvalue weighted by Crippen LogP contribution is -2.54. The number of hydrogen-bond acceptors (Lipinski definition) is 2. The van der Waals surface area contributed by atoms with Gasteiger partial charge in [-0.1, -0.05) is 31.5 Å². The Morgan fingerprint density at radius 1 is 1.28 bits per heavy atom. The first-order valence-corrected chi connectivity index (χ1v) is 6.94. The lowest BCUT2D eigenvalue weighted by Gasteiger charge is -2.48. The molecule has 0 aliphatic carbocycles. The maximum Gasteiger partial charge on any atom is 0.0588 e. The number of nitrogens with one attached hydrogen (secondary N) is 1. The van der Waals surface area contributed by atoms with E-state index in [9.17, 15) is 0 Å². The van der Waals surface area contributed by atoms with E-state index in [0.29, 0.717) is 5.92 Å². The van der Waals surface area contributed by atoms with Gasteiger partial charge >= 0.3 is 0 Å². The van der Waals surface area contributed by atoms with E-state index in [1.165, 1.54) is 23.1 Å². The van der Waals surface area contributed by atoms with Crippen LogP contribution in [0.4, 0.5) is 0 Å². The van der Waals surface area contributed by atoms with Crippen molar-refractivity contribution in [3.05, 3.63) is 34.9 Å². The summed E-state index contributed by atoms with van der Waals surface area (Å²) in [5, 5.41) is 3.33. The van der Waals surface area contributed by atoms with Crippen molar-refractivity contribution in [1.82, 2.24) is 5.32 Å². The standard InChI is InChI=1S/C16H25NO/c1-5-14(9-17-4)16(10-18-11-16)15-7-6-12(2)13(3)8-15/h6-8,14,17H,5,9-11H2,1-4H3. The number of aryl methyl sites for hydroxylation is 2. The highest BCUT2D eigenvalue weighted by molar-refractivity contribution is 5.37. The number of benzene rings is 1. The van der Waals surface area contributed by atoms with Crippen molar-refractivity contribution in [2.24, 2.45) is 5.92 Å². The summed E-state index contributed by atoms with van der Waals surface area (Å²) in [7, 11) is 2.04. The van der Waals surface area contributed by atoms with Gasteiger partial charge in [0, 0.05) is 5.41 Å². The minimum Gasteiger partial charge on any atom is -0.379 e. The average molecular weight is 247 g/mol. The topological polar surface area (TPSA) is 21.3 Å². The predicted molar refractivity (Wildman–Crippen MR) is 76.1 cm³/mol. The summed E-state index contributed by atoms with van der Waals surface area (Å²) in [4.78, 5) is 0. The van der Waals surface area contributed by atoms with Gasteiger partial charge in [0.2, 0.25) is 0 Å². The molecule has 0 aromatic heterocycles. The Hall–Kier alpha value is -0.860. The Labute approximate surface area is 111 Å². The molecule has 0 amide bonds. The van der Waals surface area contributed by atoms with Gasteiger partial charge < -0.3 is 10.1 Å². The van der Waals surface area contributed by atoms with Crippen molar-refractivity contribution in [3.8, 4) is 0 Å². The summed E-state index contributed by atoms with van der Waals surface area (Å²) in [5.74, 6) is 0.651. The van der Waals surface area contributed by atoms with Crippen LogP contribution in [0.15, 0.2) is 18.2 Å². The number of rotatable bonds is 5. The minimum atomic E-state index is 0.232. The van der Waals surface area contributed by atoms with Gasteiger partial charge in [0.25, 0.3) is 0 Å². The van der Waals surface area contributed by atoms with Crippen LogP contribution >= 0.6 is 0 Å². The van der Waals surface area contributed by atoms with E-state index >= 15 is 0 Å². The molecule has 1 aromatic carbocycles. The highest BCUT2D eigenvalue weighted by Crippen LogP contribution is 2.41. The third-order valence-corrected chi connectivity index (χ3v) is 4.53. The third kappa shape index (κ3) is 2.19. The summed E-state index contributed by atoms with van der Waals surface area (Å²) in [6.07, 6.45) is 1.19. The predicted octanol–water partition coefficient (Wildman–Crippen LogP) is 2.82. The molecule has 100 valence electrons. The van der Waals surface area contributed by atoms with Crippen LogP contribution in [0.2, 0.25) is 0 Å². The fourth-order valence-electron chi connectivity index (χ4n) is 2.99. The molecule has 1 aromatic rings. The van der Waals surface area contributed by atoms with Crippen LogP contribution in [0, 0.1) is 19.8 Å². The highest BCUT2D eigenvalue weighted by Gasteiger charge is 2.45. The molecule has 1 atom stereocenters. The maximum atomic E-state index is 5.56. The van der Waals surface area contributed by atoms with Crippen LogP contribution in [0.3, 0.4) is 0 Å². The highest BCUT2D eigenvalue weighted by atomic mass is 16.5. The molecule has 18 heavy (non-hydrogen) atoms. The molecule has 2 rings (SSSR count).